The van der Waals surface area contributed by atoms with Crippen molar-refractivity contribution in [3.8, 4) is 0 Å². The van der Waals surface area contributed by atoms with Crippen LogP contribution in [-0.2, 0) is 0 Å². The van der Waals surface area contributed by atoms with Crippen molar-refractivity contribution in [2.24, 2.45) is 0 Å². The SMILES string of the molecule is [C-]#[N+]c1ccc(F)c(N2CCN(CC)CC2)c1. The maximum Gasteiger partial charge on any atom is 0.189 e. The first-order chi connectivity index (χ1) is 8.24. The third-order valence-corrected chi connectivity index (χ3v) is 3.22. The summed E-state index contributed by atoms with van der Waals surface area (Å²) < 4.78 is 13.7. The van der Waals surface area contributed by atoms with E-state index < -0.39 is 0 Å². The van der Waals surface area contributed by atoms with E-state index in [1.54, 1.807) is 6.07 Å². The molecule has 0 atom stereocenters. The lowest BCUT2D eigenvalue weighted by Gasteiger charge is -2.35. The van der Waals surface area contributed by atoms with Gasteiger partial charge in [0.05, 0.1) is 12.3 Å². The highest BCUT2D eigenvalue weighted by atomic mass is 19.1. The largest absolute Gasteiger partial charge is 0.368 e. The van der Waals surface area contributed by atoms with Crippen LogP contribution in [-0.4, -0.2) is 37.6 Å². The fourth-order valence-electron chi connectivity index (χ4n) is 2.12. The Morgan fingerprint density at radius 1 is 1.29 bits per heavy atom. The Labute approximate surface area is 101 Å². The van der Waals surface area contributed by atoms with Gasteiger partial charge in [-0.05, 0) is 18.7 Å². The molecule has 0 unspecified atom stereocenters. The molecule has 90 valence electrons. The Hall–Kier alpha value is -1.60. The van der Waals surface area contributed by atoms with E-state index in [4.69, 9.17) is 6.57 Å². The quantitative estimate of drug-likeness (QED) is 0.727. The molecular formula is C13H16FN3. The lowest BCUT2D eigenvalue weighted by molar-refractivity contribution is 0.270. The van der Waals surface area contributed by atoms with Crippen LogP contribution in [0.4, 0.5) is 15.8 Å². The Morgan fingerprint density at radius 3 is 2.59 bits per heavy atom. The summed E-state index contributed by atoms with van der Waals surface area (Å²) in [6.45, 7) is 13.7. The zero-order valence-corrected chi connectivity index (χ0v) is 9.99. The summed E-state index contributed by atoms with van der Waals surface area (Å²) in [4.78, 5) is 7.71. The molecule has 1 aliphatic rings. The molecule has 0 radical (unpaired) electrons. The van der Waals surface area contributed by atoms with Gasteiger partial charge >= 0.3 is 0 Å². The Morgan fingerprint density at radius 2 is 2.00 bits per heavy atom. The van der Waals surface area contributed by atoms with Crippen molar-refractivity contribution in [1.82, 2.24) is 4.90 Å². The second-order valence-corrected chi connectivity index (χ2v) is 4.17. The predicted molar refractivity (Wildman–Crippen MR) is 67.0 cm³/mol. The van der Waals surface area contributed by atoms with Gasteiger partial charge in [0.25, 0.3) is 0 Å². The Balaban J connectivity index is 2.15. The molecule has 0 amide bonds. The van der Waals surface area contributed by atoms with Gasteiger partial charge in [-0.2, -0.15) is 0 Å². The summed E-state index contributed by atoms with van der Waals surface area (Å²) in [5.41, 5.74) is 1.06. The molecule has 1 fully saturated rings. The number of hydrogen-bond acceptors (Lipinski definition) is 2. The smallest absolute Gasteiger partial charge is 0.189 e. The molecule has 0 aromatic heterocycles. The van der Waals surface area contributed by atoms with Crippen LogP contribution in [0, 0.1) is 12.4 Å². The van der Waals surface area contributed by atoms with Crippen LogP contribution in [0.15, 0.2) is 18.2 Å². The number of halogens is 1. The second-order valence-electron chi connectivity index (χ2n) is 4.17. The molecular weight excluding hydrogens is 217 g/mol. The third kappa shape index (κ3) is 2.56. The number of likely N-dealkylation sites (N-methyl/N-ethyl adjacent to an activating group) is 1. The van der Waals surface area contributed by atoms with Crippen LogP contribution >= 0.6 is 0 Å². The highest BCUT2D eigenvalue weighted by molar-refractivity contribution is 5.59. The summed E-state index contributed by atoms with van der Waals surface area (Å²) in [5.74, 6) is -0.234. The minimum absolute atomic E-state index is 0.234. The average molecular weight is 233 g/mol. The Bertz CT molecular complexity index is 431. The Kier molecular flexibility index (Phi) is 3.60. The van der Waals surface area contributed by atoms with Crippen molar-refractivity contribution in [3.63, 3.8) is 0 Å². The molecule has 3 nitrogen and oxygen atoms in total. The van der Waals surface area contributed by atoms with Crippen molar-refractivity contribution < 1.29 is 4.39 Å². The van der Waals surface area contributed by atoms with Gasteiger partial charge in [-0.1, -0.05) is 13.0 Å². The van der Waals surface area contributed by atoms with E-state index in [1.807, 2.05) is 4.90 Å². The molecule has 1 heterocycles. The molecule has 17 heavy (non-hydrogen) atoms. The number of benzene rings is 1. The first-order valence-electron chi connectivity index (χ1n) is 5.89. The van der Waals surface area contributed by atoms with E-state index >= 15 is 0 Å². The minimum atomic E-state index is -0.234. The molecule has 1 aromatic carbocycles. The first kappa shape index (κ1) is 11.9. The molecule has 2 rings (SSSR count). The average Bonchev–Trinajstić information content (AvgIpc) is 2.39. The summed E-state index contributed by atoms with van der Waals surface area (Å²) in [6.07, 6.45) is 0. The number of piperazine rings is 1. The van der Waals surface area contributed by atoms with Crippen molar-refractivity contribution in [2.75, 3.05) is 37.6 Å². The van der Waals surface area contributed by atoms with Gasteiger partial charge in [0.1, 0.15) is 5.82 Å². The predicted octanol–water partition coefficient (Wildman–Crippen LogP) is 2.52. The zero-order chi connectivity index (χ0) is 12.3. The van der Waals surface area contributed by atoms with Crippen molar-refractivity contribution in [2.45, 2.75) is 6.92 Å². The fourth-order valence-corrected chi connectivity index (χ4v) is 2.12. The molecule has 0 saturated carbocycles. The molecule has 1 aromatic rings. The van der Waals surface area contributed by atoms with Gasteiger partial charge < -0.3 is 9.80 Å². The van der Waals surface area contributed by atoms with Gasteiger partial charge in [0, 0.05) is 26.2 Å². The van der Waals surface area contributed by atoms with E-state index in [0.29, 0.717) is 11.4 Å². The summed E-state index contributed by atoms with van der Waals surface area (Å²) in [7, 11) is 0. The highest BCUT2D eigenvalue weighted by Gasteiger charge is 2.18. The van der Waals surface area contributed by atoms with Crippen LogP contribution in [0.2, 0.25) is 0 Å². The molecule has 1 saturated heterocycles. The van der Waals surface area contributed by atoms with E-state index in [0.717, 1.165) is 32.7 Å². The van der Waals surface area contributed by atoms with E-state index in [9.17, 15) is 4.39 Å². The standard InChI is InChI=1S/C13H16FN3/c1-3-16-6-8-17(9-7-16)13-10-11(15-2)4-5-12(13)14/h4-5,10H,3,6-9H2,1H3. The zero-order valence-electron chi connectivity index (χ0n) is 9.99. The van der Waals surface area contributed by atoms with E-state index in [-0.39, 0.29) is 5.82 Å². The summed E-state index contributed by atoms with van der Waals surface area (Å²) in [6, 6.07) is 4.55. The normalized spacial score (nSPS) is 16.9. The van der Waals surface area contributed by atoms with Crippen molar-refractivity contribution in [1.29, 1.82) is 0 Å². The number of anilines is 1. The minimum Gasteiger partial charge on any atom is -0.368 e. The topological polar surface area (TPSA) is 10.8 Å². The molecule has 0 aliphatic carbocycles. The molecule has 0 spiro atoms. The molecule has 0 bridgehead atoms. The van der Waals surface area contributed by atoms with Crippen LogP contribution in [0.5, 0.6) is 0 Å². The van der Waals surface area contributed by atoms with Crippen LogP contribution < -0.4 is 4.90 Å². The number of hydrogen-bond donors (Lipinski definition) is 0. The van der Waals surface area contributed by atoms with Crippen molar-refractivity contribution >= 4 is 11.4 Å². The van der Waals surface area contributed by atoms with E-state index in [2.05, 4.69) is 16.7 Å². The monoisotopic (exact) mass is 233 g/mol. The van der Waals surface area contributed by atoms with Gasteiger partial charge in [0.2, 0.25) is 0 Å². The summed E-state index contributed by atoms with van der Waals surface area (Å²) >= 11 is 0. The van der Waals surface area contributed by atoms with E-state index in [1.165, 1.54) is 12.1 Å². The third-order valence-electron chi connectivity index (χ3n) is 3.22. The van der Waals surface area contributed by atoms with Gasteiger partial charge in [-0.15, -0.1) is 0 Å². The first-order valence-corrected chi connectivity index (χ1v) is 5.89. The maximum atomic E-state index is 13.7. The van der Waals surface area contributed by atoms with Crippen LogP contribution in [0.1, 0.15) is 6.92 Å². The van der Waals surface area contributed by atoms with Gasteiger partial charge in [-0.3, -0.25) is 0 Å². The van der Waals surface area contributed by atoms with Gasteiger partial charge in [0.15, 0.2) is 5.69 Å². The summed E-state index contributed by atoms with van der Waals surface area (Å²) in [5, 5.41) is 0. The van der Waals surface area contributed by atoms with Crippen molar-refractivity contribution in [3.05, 3.63) is 35.4 Å². The second kappa shape index (κ2) is 5.15. The number of rotatable bonds is 2. The van der Waals surface area contributed by atoms with Crippen LogP contribution in [0.25, 0.3) is 4.85 Å². The number of nitrogens with zero attached hydrogens (tertiary/aromatic N) is 3. The lowest BCUT2D eigenvalue weighted by atomic mass is 10.2. The maximum absolute atomic E-state index is 13.7. The fraction of sp³-hybridized carbons (Fsp3) is 0.462. The van der Waals surface area contributed by atoms with Gasteiger partial charge in [-0.25, -0.2) is 9.24 Å². The molecule has 4 heteroatoms. The molecule has 1 aliphatic heterocycles. The molecule has 0 N–H and O–H groups in total. The lowest BCUT2D eigenvalue weighted by Crippen LogP contribution is -2.46. The van der Waals surface area contributed by atoms with Crippen LogP contribution in [0.3, 0.4) is 0 Å². The highest BCUT2D eigenvalue weighted by Crippen LogP contribution is 2.26.